The molecule has 26 heavy (non-hydrogen) atoms. The first kappa shape index (κ1) is 19.8. The van der Waals surface area contributed by atoms with Crippen molar-refractivity contribution in [1.29, 1.82) is 0 Å². The molecule has 1 aromatic heterocycles. The second-order valence-corrected chi connectivity index (χ2v) is 6.25. The molecule has 9 nitrogen and oxygen atoms in total. The average Bonchev–Trinajstić information content (AvgIpc) is 3.11. The number of nitrogens with two attached hydrogens (primary N) is 1. The monoisotopic (exact) mass is 380 g/mol. The van der Waals surface area contributed by atoms with Gasteiger partial charge in [-0.1, -0.05) is 11.3 Å². The first-order valence-electron chi connectivity index (χ1n) is 8.21. The minimum atomic E-state index is -0.479. The number of hydrogen-bond donors (Lipinski definition) is 1. The molecule has 0 aliphatic carbocycles. The predicted molar refractivity (Wildman–Crippen MR) is 97.6 cm³/mol. The number of halogens is 1. The molecular formula is C16H21ClN6O3. The zero-order valence-corrected chi connectivity index (χ0v) is 15.1. The molecule has 0 saturated carbocycles. The summed E-state index contributed by atoms with van der Waals surface area (Å²) in [5.41, 5.74) is 6.65. The Hall–Kier alpha value is -2.52. The Morgan fingerprint density at radius 3 is 2.88 bits per heavy atom. The quantitative estimate of drug-likeness (QED) is 0.639. The summed E-state index contributed by atoms with van der Waals surface area (Å²) >= 11 is 0. The van der Waals surface area contributed by atoms with Crippen molar-refractivity contribution in [3.05, 3.63) is 46.3 Å². The maximum absolute atomic E-state index is 12.8. The van der Waals surface area contributed by atoms with Gasteiger partial charge in [-0.3, -0.25) is 14.9 Å². The molecule has 1 fully saturated rings. The number of rotatable bonds is 4. The number of nitro benzene ring substituents is 1. The molecule has 2 heterocycles. The van der Waals surface area contributed by atoms with Crippen molar-refractivity contribution in [1.82, 2.24) is 19.9 Å². The summed E-state index contributed by atoms with van der Waals surface area (Å²) < 4.78 is 1.37. The van der Waals surface area contributed by atoms with Gasteiger partial charge in [0.1, 0.15) is 0 Å². The molecule has 10 heteroatoms. The fourth-order valence-electron chi connectivity index (χ4n) is 3.14. The van der Waals surface area contributed by atoms with E-state index in [2.05, 4.69) is 10.3 Å². The van der Waals surface area contributed by atoms with E-state index in [0.29, 0.717) is 12.2 Å². The Kier molecular flexibility index (Phi) is 6.27. The van der Waals surface area contributed by atoms with Crippen LogP contribution in [0.3, 0.4) is 0 Å². The van der Waals surface area contributed by atoms with E-state index >= 15 is 0 Å². The van der Waals surface area contributed by atoms with E-state index < -0.39 is 4.92 Å². The number of nitrogens with zero attached hydrogens (tertiary/aromatic N) is 5. The standard InChI is InChI=1S/C16H20N6O3.ClH/c1-11(17)15-7-2-3-8-20(15)16(23)14-10-21(19-18-14)12-5-4-6-13(9-12)22(24)25;/h4-6,9-11,15H,2-3,7-8,17H2,1H3;1H. The normalized spacial score (nSPS) is 18.1. The summed E-state index contributed by atoms with van der Waals surface area (Å²) in [4.78, 5) is 25.0. The number of likely N-dealkylation sites (tertiary alicyclic amines) is 1. The lowest BCUT2D eigenvalue weighted by atomic mass is 9.96. The van der Waals surface area contributed by atoms with Crippen molar-refractivity contribution in [3.63, 3.8) is 0 Å². The number of hydrogen-bond acceptors (Lipinski definition) is 6. The van der Waals surface area contributed by atoms with Crippen LogP contribution in [0.5, 0.6) is 0 Å². The van der Waals surface area contributed by atoms with Crippen LogP contribution in [0.25, 0.3) is 5.69 Å². The summed E-state index contributed by atoms with van der Waals surface area (Å²) in [6.45, 7) is 2.55. The highest BCUT2D eigenvalue weighted by molar-refractivity contribution is 5.92. The second-order valence-electron chi connectivity index (χ2n) is 6.25. The summed E-state index contributed by atoms with van der Waals surface area (Å²) in [5.74, 6) is -0.210. The van der Waals surface area contributed by atoms with Crippen LogP contribution in [0.2, 0.25) is 0 Å². The van der Waals surface area contributed by atoms with Crippen molar-refractivity contribution in [2.24, 2.45) is 5.73 Å². The molecule has 0 spiro atoms. The van der Waals surface area contributed by atoms with Crippen LogP contribution in [0.4, 0.5) is 5.69 Å². The van der Waals surface area contributed by atoms with Crippen molar-refractivity contribution >= 4 is 24.0 Å². The number of carbonyl (C=O) groups is 1. The highest BCUT2D eigenvalue weighted by Crippen LogP contribution is 2.21. The van der Waals surface area contributed by atoms with E-state index in [9.17, 15) is 14.9 Å². The van der Waals surface area contributed by atoms with E-state index in [1.807, 2.05) is 6.92 Å². The largest absolute Gasteiger partial charge is 0.333 e. The summed E-state index contributed by atoms with van der Waals surface area (Å²) in [7, 11) is 0. The van der Waals surface area contributed by atoms with Crippen LogP contribution < -0.4 is 5.73 Å². The maximum atomic E-state index is 12.8. The van der Waals surface area contributed by atoms with Gasteiger partial charge in [-0.25, -0.2) is 4.68 Å². The van der Waals surface area contributed by atoms with Gasteiger partial charge < -0.3 is 10.6 Å². The molecule has 0 radical (unpaired) electrons. The maximum Gasteiger partial charge on any atom is 0.276 e. The highest BCUT2D eigenvalue weighted by atomic mass is 35.5. The average molecular weight is 381 g/mol. The van der Waals surface area contributed by atoms with Gasteiger partial charge in [0, 0.05) is 30.8 Å². The van der Waals surface area contributed by atoms with Crippen molar-refractivity contribution in [2.75, 3.05) is 6.54 Å². The fraction of sp³-hybridized carbons (Fsp3) is 0.438. The third kappa shape index (κ3) is 4.00. The number of nitro groups is 1. The number of non-ortho nitro benzene ring substituents is 1. The smallest absolute Gasteiger partial charge is 0.276 e. The summed E-state index contributed by atoms with van der Waals surface area (Å²) in [6.07, 6.45) is 4.36. The highest BCUT2D eigenvalue weighted by Gasteiger charge is 2.31. The minimum absolute atomic E-state index is 0. The molecule has 3 rings (SSSR count). The molecular weight excluding hydrogens is 360 g/mol. The molecule has 1 saturated heterocycles. The molecule has 2 atom stereocenters. The van der Waals surface area contributed by atoms with E-state index in [4.69, 9.17) is 5.73 Å². The molecule has 0 bridgehead atoms. The van der Waals surface area contributed by atoms with Crippen LogP contribution in [0, 0.1) is 10.1 Å². The van der Waals surface area contributed by atoms with Crippen molar-refractivity contribution < 1.29 is 9.72 Å². The minimum Gasteiger partial charge on any atom is -0.333 e. The van der Waals surface area contributed by atoms with Gasteiger partial charge in [0.25, 0.3) is 11.6 Å². The van der Waals surface area contributed by atoms with Gasteiger partial charge in [0.05, 0.1) is 16.8 Å². The molecule has 1 amide bonds. The number of benzene rings is 1. The lowest BCUT2D eigenvalue weighted by molar-refractivity contribution is -0.384. The van der Waals surface area contributed by atoms with Crippen LogP contribution in [0.1, 0.15) is 36.7 Å². The van der Waals surface area contributed by atoms with Crippen LogP contribution in [-0.2, 0) is 0 Å². The Labute approximate surface area is 156 Å². The second kappa shape index (κ2) is 8.24. The fourth-order valence-corrected chi connectivity index (χ4v) is 3.14. The van der Waals surface area contributed by atoms with E-state index in [1.54, 1.807) is 17.0 Å². The molecule has 2 unspecified atom stereocenters. The SMILES string of the molecule is CC(N)C1CCCCN1C(=O)c1cn(-c2cccc([N+](=O)[O-])c2)nn1.Cl. The van der Waals surface area contributed by atoms with Gasteiger partial charge >= 0.3 is 0 Å². The summed E-state index contributed by atoms with van der Waals surface area (Å²) in [5, 5.41) is 18.8. The first-order chi connectivity index (χ1) is 12.0. The first-order valence-corrected chi connectivity index (χ1v) is 8.21. The topological polar surface area (TPSA) is 120 Å². The van der Waals surface area contributed by atoms with Crippen molar-refractivity contribution in [2.45, 2.75) is 38.3 Å². The molecule has 1 aromatic carbocycles. The zero-order chi connectivity index (χ0) is 18.0. The number of carbonyl (C=O) groups excluding carboxylic acids is 1. The van der Waals surface area contributed by atoms with Gasteiger partial charge in [0.2, 0.25) is 0 Å². The Morgan fingerprint density at radius 1 is 1.42 bits per heavy atom. The third-order valence-corrected chi connectivity index (χ3v) is 4.43. The van der Waals surface area contributed by atoms with Crippen LogP contribution in [0.15, 0.2) is 30.5 Å². The lowest BCUT2D eigenvalue weighted by Crippen LogP contribution is -2.51. The number of piperidine rings is 1. The van der Waals surface area contributed by atoms with E-state index in [-0.39, 0.29) is 41.8 Å². The van der Waals surface area contributed by atoms with Crippen LogP contribution >= 0.6 is 12.4 Å². The zero-order valence-electron chi connectivity index (χ0n) is 14.3. The summed E-state index contributed by atoms with van der Waals surface area (Å²) in [6, 6.07) is 5.89. The molecule has 2 N–H and O–H groups in total. The Morgan fingerprint density at radius 2 is 2.19 bits per heavy atom. The number of amides is 1. The number of aromatic nitrogens is 3. The van der Waals surface area contributed by atoms with Gasteiger partial charge in [-0.05, 0) is 32.3 Å². The predicted octanol–water partition coefficient (Wildman–Crippen LogP) is 1.94. The van der Waals surface area contributed by atoms with Crippen molar-refractivity contribution in [3.8, 4) is 5.69 Å². The van der Waals surface area contributed by atoms with Gasteiger partial charge in [-0.2, -0.15) is 0 Å². The van der Waals surface area contributed by atoms with Gasteiger partial charge in [-0.15, -0.1) is 17.5 Å². The molecule has 1 aliphatic heterocycles. The van der Waals surface area contributed by atoms with E-state index in [1.165, 1.54) is 23.0 Å². The Balaban J connectivity index is 0.00000243. The third-order valence-electron chi connectivity index (χ3n) is 4.43. The molecule has 2 aromatic rings. The lowest BCUT2D eigenvalue weighted by Gasteiger charge is -2.37. The van der Waals surface area contributed by atoms with E-state index in [0.717, 1.165) is 19.3 Å². The van der Waals surface area contributed by atoms with Gasteiger partial charge in [0.15, 0.2) is 5.69 Å². The molecule has 1 aliphatic rings. The Bertz CT molecular complexity index is 794. The molecule has 140 valence electrons. The van der Waals surface area contributed by atoms with Crippen LogP contribution in [-0.4, -0.2) is 49.4 Å².